The Morgan fingerprint density at radius 3 is 2.14 bits per heavy atom. The van der Waals surface area contributed by atoms with Crippen LogP contribution in [0.1, 0.15) is 27.1 Å². The number of nitrogen functional groups attached to an aromatic ring is 1. The number of anilines is 1. The van der Waals surface area contributed by atoms with Gasteiger partial charge in [0.15, 0.2) is 12.0 Å². The summed E-state index contributed by atoms with van der Waals surface area (Å²) < 4.78 is 26.4. The maximum absolute atomic E-state index is 12.5. The van der Waals surface area contributed by atoms with Crippen molar-refractivity contribution in [3.8, 4) is 23.0 Å². The number of carbonyl (C=O) groups excluding carboxylic acids is 2. The van der Waals surface area contributed by atoms with Gasteiger partial charge in [0.1, 0.15) is 17.2 Å². The number of aliphatic hydroxyl groups excluding tert-OH is 1. The van der Waals surface area contributed by atoms with Gasteiger partial charge in [-0.3, -0.25) is 0 Å². The van der Waals surface area contributed by atoms with E-state index in [9.17, 15) is 14.7 Å². The molecule has 0 heterocycles. The van der Waals surface area contributed by atoms with Gasteiger partial charge in [-0.15, -0.1) is 0 Å². The molecule has 0 amide bonds. The number of esters is 2. The van der Waals surface area contributed by atoms with Gasteiger partial charge >= 0.3 is 11.9 Å². The monoisotopic (exact) mass is 493 g/mol. The summed E-state index contributed by atoms with van der Waals surface area (Å²) in [5, 5.41) is 9.23. The molecule has 0 spiro atoms. The summed E-state index contributed by atoms with van der Waals surface area (Å²) in [5.41, 5.74) is 6.60. The zero-order valence-electron chi connectivity index (χ0n) is 19.7. The van der Waals surface area contributed by atoms with E-state index in [0.29, 0.717) is 42.4 Å². The number of hydrogen-bond acceptors (Lipinski definition) is 9. The molecule has 188 valence electrons. The SMILES string of the molecule is C=CC(O)OCCCOc1ccc(C(=O)Oc2ccc(C(=O)Oc3ccc(OC)cc3)cc2N)cc1. The highest BCUT2D eigenvalue weighted by molar-refractivity contribution is 5.94. The number of aliphatic hydroxyl groups is 1. The first-order valence-electron chi connectivity index (χ1n) is 11.0. The number of ether oxygens (including phenoxy) is 5. The van der Waals surface area contributed by atoms with Crippen LogP contribution in [-0.2, 0) is 4.74 Å². The summed E-state index contributed by atoms with van der Waals surface area (Å²) in [6.45, 7) is 4.11. The number of carbonyl (C=O) groups is 2. The van der Waals surface area contributed by atoms with Crippen LogP contribution in [-0.4, -0.2) is 43.7 Å². The summed E-state index contributed by atoms with van der Waals surface area (Å²) in [7, 11) is 1.54. The van der Waals surface area contributed by atoms with Crippen LogP contribution in [0.4, 0.5) is 5.69 Å². The maximum Gasteiger partial charge on any atom is 0.343 e. The Balaban J connectivity index is 1.52. The van der Waals surface area contributed by atoms with Crippen LogP contribution in [0.5, 0.6) is 23.0 Å². The highest BCUT2D eigenvalue weighted by atomic mass is 16.6. The van der Waals surface area contributed by atoms with Crippen molar-refractivity contribution < 1.29 is 38.4 Å². The lowest BCUT2D eigenvalue weighted by atomic mass is 10.2. The molecule has 3 aromatic rings. The third kappa shape index (κ3) is 7.59. The van der Waals surface area contributed by atoms with Gasteiger partial charge in [-0.05, 0) is 72.8 Å². The van der Waals surface area contributed by atoms with E-state index in [1.807, 2.05) is 0 Å². The van der Waals surface area contributed by atoms with Crippen molar-refractivity contribution in [1.29, 1.82) is 0 Å². The van der Waals surface area contributed by atoms with Crippen molar-refractivity contribution >= 4 is 17.6 Å². The molecule has 0 aromatic heterocycles. The lowest BCUT2D eigenvalue weighted by molar-refractivity contribution is -0.0663. The molecule has 3 N–H and O–H groups in total. The minimum absolute atomic E-state index is 0.108. The minimum Gasteiger partial charge on any atom is -0.497 e. The van der Waals surface area contributed by atoms with Crippen molar-refractivity contribution in [1.82, 2.24) is 0 Å². The van der Waals surface area contributed by atoms with Gasteiger partial charge in [0.25, 0.3) is 0 Å². The second-order valence-corrected chi connectivity index (χ2v) is 7.43. The van der Waals surface area contributed by atoms with Crippen LogP contribution in [0, 0.1) is 0 Å². The van der Waals surface area contributed by atoms with Gasteiger partial charge in [0, 0.05) is 6.42 Å². The Morgan fingerprint density at radius 1 is 0.889 bits per heavy atom. The van der Waals surface area contributed by atoms with Crippen molar-refractivity contribution in [2.24, 2.45) is 0 Å². The minimum atomic E-state index is -0.992. The predicted octanol–water partition coefficient (Wildman–Crippen LogP) is 4.01. The smallest absolute Gasteiger partial charge is 0.343 e. The van der Waals surface area contributed by atoms with Crippen LogP contribution in [0.25, 0.3) is 0 Å². The third-order valence-corrected chi connectivity index (χ3v) is 4.86. The van der Waals surface area contributed by atoms with Crippen LogP contribution < -0.4 is 24.7 Å². The van der Waals surface area contributed by atoms with E-state index in [1.165, 1.54) is 24.3 Å². The maximum atomic E-state index is 12.5. The van der Waals surface area contributed by atoms with E-state index in [1.54, 1.807) is 55.6 Å². The standard InChI is InChI=1S/C27H27NO8/c1-3-25(29)34-16-4-15-33-21-8-5-18(6-9-21)26(30)36-24-14-7-19(17-23(24)28)27(31)35-22-12-10-20(32-2)11-13-22/h3,5-14,17,25,29H,1,4,15-16,28H2,2H3. The molecular weight excluding hydrogens is 466 g/mol. The van der Waals surface area contributed by atoms with E-state index in [0.717, 1.165) is 0 Å². The molecule has 9 heteroatoms. The molecule has 1 unspecified atom stereocenters. The van der Waals surface area contributed by atoms with Crippen molar-refractivity contribution in [2.45, 2.75) is 12.7 Å². The van der Waals surface area contributed by atoms with Crippen molar-refractivity contribution in [3.63, 3.8) is 0 Å². The summed E-state index contributed by atoms with van der Waals surface area (Å²) in [5.74, 6) is 0.441. The van der Waals surface area contributed by atoms with E-state index < -0.39 is 18.2 Å². The summed E-state index contributed by atoms with van der Waals surface area (Å²) in [6.07, 6.45) is 0.865. The number of hydrogen-bond donors (Lipinski definition) is 2. The molecular formula is C27H27NO8. The Hall–Kier alpha value is -4.34. The van der Waals surface area contributed by atoms with Gasteiger partial charge in [-0.2, -0.15) is 0 Å². The number of nitrogens with two attached hydrogens (primary N) is 1. The first kappa shape index (κ1) is 26.3. The number of benzene rings is 3. The zero-order valence-corrected chi connectivity index (χ0v) is 19.7. The largest absolute Gasteiger partial charge is 0.497 e. The average molecular weight is 494 g/mol. The topological polar surface area (TPSA) is 127 Å². The van der Waals surface area contributed by atoms with E-state index in [4.69, 9.17) is 29.4 Å². The fourth-order valence-electron chi connectivity index (χ4n) is 2.95. The summed E-state index contributed by atoms with van der Waals surface area (Å²) in [6, 6.07) is 17.2. The van der Waals surface area contributed by atoms with E-state index in [2.05, 4.69) is 6.58 Å². The Morgan fingerprint density at radius 2 is 1.50 bits per heavy atom. The molecule has 3 rings (SSSR count). The Bertz CT molecular complexity index is 1180. The highest BCUT2D eigenvalue weighted by Crippen LogP contribution is 2.25. The zero-order chi connectivity index (χ0) is 25.9. The lowest BCUT2D eigenvalue weighted by Gasteiger charge is -2.11. The van der Waals surface area contributed by atoms with Gasteiger partial charge in [0.05, 0.1) is 37.1 Å². The molecule has 0 aliphatic rings. The summed E-state index contributed by atoms with van der Waals surface area (Å²) >= 11 is 0. The molecule has 0 radical (unpaired) electrons. The average Bonchev–Trinajstić information content (AvgIpc) is 2.90. The van der Waals surface area contributed by atoms with Gasteiger partial charge in [-0.1, -0.05) is 6.58 Å². The first-order chi connectivity index (χ1) is 17.4. The molecule has 0 aliphatic heterocycles. The molecule has 0 fully saturated rings. The van der Waals surface area contributed by atoms with Crippen LogP contribution in [0.3, 0.4) is 0 Å². The molecule has 1 atom stereocenters. The lowest BCUT2D eigenvalue weighted by Crippen LogP contribution is -2.12. The van der Waals surface area contributed by atoms with Crippen LogP contribution >= 0.6 is 0 Å². The molecule has 3 aromatic carbocycles. The first-order valence-corrected chi connectivity index (χ1v) is 11.0. The Kier molecular flexibility index (Phi) is 9.44. The predicted molar refractivity (Wildman–Crippen MR) is 132 cm³/mol. The van der Waals surface area contributed by atoms with Gasteiger partial charge in [-0.25, -0.2) is 9.59 Å². The second-order valence-electron chi connectivity index (χ2n) is 7.43. The van der Waals surface area contributed by atoms with E-state index in [-0.39, 0.29) is 17.0 Å². The molecule has 0 saturated carbocycles. The number of rotatable bonds is 12. The third-order valence-electron chi connectivity index (χ3n) is 4.86. The molecule has 0 aliphatic carbocycles. The normalized spacial score (nSPS) is 11.3. The fraction of sp³-hybridized carbons (Fsp3) is 0.185. The van der Waals surface area contributed by atoms with E-state index >= 15 is 0 Å². The fourth-order valence-corrected chi connectivity index (χ4v) is 2.95. The van der Waals surface area contributed by atoms with Crippen molar-refractivity contribution in [2.75, 3.05) is 26.1 Å². The van der Waals surface area contributed by atoms with Crippen LogP contribution in [0.15, 0.2) is 79.4 Å². The number of methoxy groups -OCH3 is 1. The molecule has 36 heavy (non-hydrogen) atoms. The van der Waals surface area contributed by atoms with Gasteiger partial charge in [0.2, 0.25) is 0 Å². The second kappa shape index (κ2) is 12.9. The van der Waals surface area contributed by atoms with Crippen molar-refractivity contribution in [3.05, 3.63) is 90.5 Å². The molecule has 0 saturated heterocycles. The molecule has 0 bridgehead atoms. The summed E-state index contributed by atoms with van der Waals surface area (Å²) in [4.78, 5) is 24.9. The molecule has 9 nitrogen and oxygen atoms in total. The quantitative estimate of drug-likeness (QED) is 0.0961. The highest BCUT2D eigenvalue weighted by Gasteiger charge is 2.15. The van der Waals surface area contributed by atoms with Gasteiger partial charge < -0.3 is 34.5 Å². The Labute approximate surface area is 208 Å². The van der Waals surface area contributed by atoms with Crippen LogP contribution in [0.2, 0.25) is 0 Å².